The summed E-state index contributed by atoms with van der Waals surface area (Å²) >= 11 is 0. The number of nitrogens with zero attached hydrogens (tertiary/aromatic N) is 3. The molecule has 7 heteroatoms. The maximum Gasteiger partial charge on any atom is 0.254 e. The molecule has 0 aliphatic rings. The first kappa shape index (κ1) is 22.5. The standard InChI is InChI=1S/C22H31N3O4/c1-5-11-25(22(27)18-8-6-10-20(15-18)29-4)17-21(26)24(13-14-28-3)16-19-9-7-12-23(19)2/h6-10,12,15H,5,11,13-14,16-17H2,1-4H3. The Hall–Kier alpha value is -2.80. The number of carbonyl (C=O) groups excluding carboxylic acids is 2. The zero-order valence-electron chi connectivity index (χ0n) is 17.8. The molecule has 0 saturated heterocycles. The number of benzene rings is 1. The second-order valence-corrected chi connectivity index (χ2v) is 6.88. The van der Waals surface area contributed by atoms with Crippen molar-refractivity contribution in [3.63, 3.8) is 0 Å². The third kappa shape index (κ3) is 6.35. The highest BCUT2D eigenvalue weighted by Crippen LogP contribution is 2.15. The second kappa shape index (κ2) is 11.3. The summed E-state index contributed by atoms with van der Waals surface area (Å²) in [6.07, 6.45) is 2.71. The first-order chi connectivity index (χ1) is 14.0. The maximum absolute atomic E-state index is 13.1. The fraction of sp³-hybridized carbons (Fsp3) is 0.455. The van der Waals surface area contributed by atoms with E-state index in [1.54, 1.807) is 48.3 Å². The van der Waals surface area contributed by atoms with Crippen LogP contribution in [0.2, 0.25) is 0 Å². The third-order valence-electron chi connectivity index (χ3n) is 4.75. The molecular formula is C22H31N3O4. The molecular weight excluding hydrogens is 370 g/mol. The molecule has 2 aromatic rings. The molecule has 29 heavy (non-hydrogen) atoms. The summed E-state index contributed by atoms with van der Waals surface area (Å²) in [5.41, 5.74) is 1.53. The number of aryl methyl sites for hydroxylation is 1. The normalized spacial score (nSPS) is 10.6. The number of aromatic nitrogens is 1. The molecule has 0 fully saturated rings. The summed E-state index contributed by atoms with van der Waals surface area (Å²) < 4.78 is 12.4. The predicted octanol–water partition coefficient (Wildman–Crippen LogP) is 2.56. The molecule has 1 aromatic heterocycles. The summed E-state index contributed by atoms with van der Waals surface area (Å²) in [5.74, 6) is 0.335. The van der Waals surface area contributed by atoms with E-state index < -0.39 is 0 Å². The molecule has 1 heterocycles. The average Bonchev–Trinajstić information content (AvgIpc) is 3.14. The molecule has 2 amide bonds. The van der Waals surface area contributed by atoms with Crippen LogP contribution in [0.3, 0.4) is 0 Å². The zero-order valence-corrected chi connectivity index (χ0v) is 17.8. The van der Waals surface area contributed by atoms with Gasteiger partial charge in [0.2, 0.25) is 5.91 Å². The molecule has 0 bridgehead atoms. The fourth-order valence-corrected chi connectivity index (χ4v) is 3.07. The molecule has 7 nitrogen and oxygen atoms in total. The van der Waals surface area contributed by atoms with Crippen LogP contribution in [-0.2, 0) is 23.1 Å². The molecule has 2 rings (SSSR count). The van der Waals surface area contributed by atoms with Crippen LogP contribution in [0.1, 0.15) is 29.4 Å². The van der Waals surface area contributed by atoms with Gasteiger partial charge >= 0.3 is 0 Å². The first-order valence-electron chi connectivity index (χ1n) is 9.80. The number of carbonyl (C=O) groups is 2. The molecule has 0 radical (unpaired) electrons. The summed E-state index contributed by atoms with van der Waals surface area (Å²) in [6.45, 7) is 3.89. The Bertz CT molecular complexity index is 803. The van der Waals surface area contributed by atoms with Crippen molar-refractivity contribution in [3.8, 4) is 5.75 Å². The van der Waals surface area contributed by atoms with Crippen LogP contribution in [0.15, 0.2) is 42.6 Å². The van der Waals surface area contributed by atoms with Gasteiger partial charge in [0.1, 0.15) is 12.3 Å². The number of hydrogen-bond donors (Lipinski definition) is 0. The topological polar surface area (TPSA) is 64.0 Å². The summed E-state index contributed by atoms with van der Waals surface area (Å²) in [5, 5.41) is 0. The van der Waals surface area contributed by atoms with Crippen molar-refractivity contribution in [1.82, 2.24) is 14.4 Å². The van der Waals surface area contributed by atoms with E-state index in [0.717, 1.165) is 12.1 Å². The number of methoxy groups -OCH3 is 2. The van der Waals surface area contributed by atoms with Gasteiger partial charge in [0.15, 0.2) is 0 Å². The smallest absolute Gasteiger partial charge is 0.254 e. The van der Waals surface area contributed by atoms with E-state index in [1.165, 1.54) is 0 Å². The largest absolute Gasteiger partial charge is 0.497 e. The van der Waals surface area contributed by atoms with Crippen LogP contribution in [0.25, 0.3) is 0 Å². The molecule has 158 valence electrons. The van der Waals surface area contributed by atoms with Gasteiger partial charge in [-0.1, -0.05) is 13.0 Å². The molecule has 0 aliphatic heterocycles. The van der Waals surface area contributed by atoms with Gasteiger partial charge in [0.25, 0.3) is 5.91 Å². The molecule has 0 aliphatic carbocycles. The maximum atomic E-state index is 13.1. The van der Waals surface area contributed by atoms with Crippen molar-refractivity contribution in [2.75, 3.05) is 40.5 Å². The van der Waals surface area contributed by atoms with Crippen molar-refractivity contribution >= 4 is 11.8 Å². The van der Waals surface area contributed by atoms with E-state index in [9.17, 15) is 9.59 Å². The highest BCUT2D eigenvalue weighted by atomic mass is 16.5. The van der Waals surface area contributed by atoms with E-state index in [2.05, 4.69) is 0 Å². The highest BCUT2D eigenvalue weighted by molar-refractivity contribution is 5.96. The van der Waals surface area contributed by atoms with E-state index in [1.807, 2.05) is 36.9 Å². The van der Waals surface area contributed by atoms with Gasteiger partial charge in [0.05, 0.1) is 20.3 Å². The van der Waals surface area contributed by atoms with Crippen LogP contribution in [0.4, 0.5) is 0 Å². The summed E-state index contributed by atoms with van der Waals surface area (Å²) in [6, 6.07) is 10.9. The molecule has 0 N–H and O–H groups in total. The lowest BCUT2D eigenvalue weighted by molar-refractivity contribution is -0.133. The van der Waals surface area contributed by atoms with Crippen molar-refractivity contribution in [2.45, 2.75) is 19.9 Å². The van der Waals surface area contributed by atoms with Crippen molar-refractivity contribution in [2.24, 2.45) is 7.05 Å². The minimum Gasteiger partial charge on any atom is -0.497 e. The predicted molar refractivity (Wildman–Crippen MR) is 112 cm³/mol. The minimum absolute atomic E-state index is 0.0258. The number of hydrogen-bond acceptors (Lipinski definition) is 4. The lowest BCUT2D eigenvalue weighted by Gasteiger charge is -2.27. The summed E-state index contributed by atoms with van der Waals surface area (Å²) in [7, 11) is 5.12. The van der Waals surface area contributed by atoms with Gasteiger partial charge < -0.3 is 23.8 Å². The second-order valence-electron chi connectivity index (χ2n) is 6.88. The van der Waals surface area contributed by atoms with Gasteiger partial charge in [-0.15, -0.1) is 0 Å². The number of ether oxygens (including phenoxy) is 2. The van der Waals surface area contributed by atoms with Gasteiger partial charge in [0, 0.05) is 44.7 Å². The van der Waals surface area contributed by atoms with Gasteiger partial charge in [-0.2, -0.15) is 0 Å². The highest BCUT2D eigenvalue weighted by Gasteiger charge is 2.22. The van der Waals surface area contributed by atoms with Gasteiger partial charge in [-0.3, -0.25) is 9.59 Å². The Morgan fingerprint density at radius 1 is 1.07 bits per heavy atom. The van der Waals surface area contributed by atoms with Crippen LogP contribution in [0, 0.1) is 0 Å². The third-order valence-corrected chi connectivity index (χ3v) is 4.75. The van der Waals surface area contributed by atoms with Crippen LogP contribution < -0.4 is 4.74 Å². The molecule has 0 atom stereocenters. The van der Waals surface area contributed by atoms with Gasteiger partial charge in [-0.05, 0) is 36.8 Å². The van der Waals surface area contributed by atoms with Crippen LogP contribution >= 0.6 is 0 Å². The zero-order chi connectivity index (χ0) is 21.2. The van der Waals surface area contributed by atoms with Crippen molar-refractivity contribution < 1.29 is 19.1 Å². The number of amides is 2. The Kier molecular flexibility index (Phi) is 8.73. The Balaban J connectivity index is 2.15. The first-order valence-corrected chi connectivity index (χ1v) is 9.80. The molecule has 0 unspecified atom stereocenters. The van der Waals surface area contributed by atoms with E-state index in [-0.39, 0.29) is 18.4 Å². The van der Waals surface area contributed by atoms with E-state index >= 15 is 0 Å². The lowest BCUT2D eigenvalue weighted by atomic mass is 10.1. The Morgan fingerprint density at radius 2 is 1.86 bits per heavy atom. The minimum atomic E-state index is -0.176. The fourth-order valence-electron chi connectivity index (χ4n) is 3.07. The summed E-state index contributed by atoms with van der Waals surface area (Å²) in [4.78, 5) is 29.4. The monoisotopic (exact) mass is 401 g/mol. The lowest BCUT2D eigenvalue weighted by Crippen LogP contribution is -2.44. The van der Waals surface area contributed by atoms with Crippen molar-refractivity contribution in [1.29, 1.82) is 0 Å². The SMILES string of the molecule is CCCN(CC(=O)N(CCOC)Cc1cccn1C)C(=O)c1cccc(OC)c1. The average molecular weight is 402 g/mol. The van der Waals surface area contributed by atoms with E-state index in [4.69, 9.17) is 9.47 Å². The van der Waals surface area contributed by atoms with Crippen LogP contribution in [0.5, 0.6) is 5.75 Å². The molecule has 0 saturated carbocycles. The van der Waals surface area contributed by atoms with Gasteiger partial charge in [-0.25, -0.2) is 0 Å². The number of rotatable bonds is 11. The Labute approximate surface area is 172 Å². The van der Waals surface area contributed by atoms with Crippen LogP contribution in [-0.4, -0.2) is 66.6 Å². The Morgan fingerprint density at radius 3 is 2.48 bits per heavy atom. The quantitative estimate of drug-likeness (QED) is 0.581. The molecule has 0 spiro atoms. The van der Waals surface area contributed by atoms with Crippen molar-refractivity contribution in [3.05, 3.63) is 53.9 Å². The van der Waals surface area contributed by atoms with E-state index in [0.29, 0.717) is 37.6 Å². The molecule has 1 aromatic carbocycles.